The molecule has 3 nitrogen and oxygen atoms in total. The van der Waals surface area contributed by atoms with Gasteiger partial charge in [-0.25, -0.2) is 4.79 Å². The van der Waals surface area contributed by atoms with Crippen molar-refractivity contribution in [3.63, 3.8) is 0 Å². The van der Waals surface area contributed by atoms with Crippen LogP contribution in [0.25, 0.3) is 17.2 Å². The fourth-order valence-corrected chi connectivity index (χ4v) is 2.49. The van der Waals surface area contributed by atoms with E-state index in [1.807, 2.05) is 48.5 Å². The predicted molar refractivity (Wildman–Crippen MR) is 98.6 cm³/mol. The van der Waals surface area contributed by atoms with Gasteiger partial charge in [0, 0.05) is 12.5 Å². The minimum absolute atomic E-state index is 0.128. The van der Waals surface area contributed by atoms with E-state index in [1.165, 1.54) is 6.08 Å². The fourth-order valence-electron chi connectivity index (χ4n) is 2.49. The first-order chi connectivity index (χ1) is 12.8. The number of unbranched alkanes of at least 4 members (excludes halogenated alkanes) is 2. The van der Waals surface area contributed by atoms with Gasteiger partial charge in [-0.05, 0) is 54.2 Å². The number of hydrogen-bond donors (Lipinski definition) is 1. The zero-order valence-corrected chi connectivity index (χ0v) is 14.7. The van der Waals surface area contributed by atoms with Gasteiger partial charge in [-0.1, -0.05) is 36.4 Å². The van der Waals surface area contributed by atoms with Crippen molar-refractivity contribution >= 4 is 12.0 Å². The molecule has 0 spiro atoms. The molecule has 0 radical (unpaired) electrons. The van der Waals surface area contributed by atoms with E-state index in [0.717, 1.165) is 22.8 Å². The van der Waals surface area contributed by atoms with Crippen molar-refractivity contribution in [1.29, 1.82) is 0 Å². The molecule has 0 saturated heterocycles. The quantitative estimate of drug-likeness (QED) is 0.433. The van der Waals surface area contributed by atoms with Crippen molar-refractivity contribution < 1.29 is 27.8 Å². The van der Waals surface area contributed by atoms with Crippen LogP contribution >= 0.6 is 0 Å². The molecule has 0 atom stereocenters. The van der Waals surface area contributed by atoms with Gasteiger partial charge >= 0.3 is 12.1 Å². The van der Waals surface area contributed by atoms with Crippen LogP contribution in [0.3, 0.4) is 0 Å². The lowest BCUT2D eigenvalue weighted by Crippen LogP contribution is -2.06. The molecule has 144 valence electrons. The molecule has 0 aliphatic rings. The summed E-state index contributed by atoms with van der Waals surface area (Å²) in [4.78, 5) is 10.5. The third-order valence-corrected chi connectivity index (χ3v) is 3.89. The first-order valence-corrected chi connectivity index (χ1v) is 8.64. The van der Waals surface area contributed by atoms with Crippen molar-refractivity contribution in [2.75, 3.05) is 6.61 Å². The summed E-state index contributed by atoms with van der Waals surface area (Å²) in [5.41, 5.74) is 2.77. The number of hydrogen-bond acceptors (Lipinski definition) is 2. The summed E-state index contributed by atoms with van der Waals surface area (Å²) < 4.78 is 41.7. The number of alkyl halides is 3. The normalized spacial score (nSPS) is 11.7. The monoisotopic (exact) mass is 378 g/mol. The van der Waals surface area contributed by atoms with Crippen LogP contribution in [0.1, 0.15) is 31.2 Å². The number of aliphatic carboxylic acids is 1. The fraction of sp³-hybridized carbons (Fsp3) is 0.286. The van der Waals surface area contributed by atoms with Crippen LogP contribution in [-0.2, 0) is 4.79 Å². The third kappa shape index (κ3) is 7.98. The minimum Gasteiger partial charge on any atom is -0.494 e. The lowest BCUT2D eigenvalue weighted by atomic mass is 10.0. The highest BCUT2D eigenvalue weighted by Crippen LogP contribution is 2.24. The summed E-state index contributed by atoms with van der Waals surface area (Å²) in [5.74, 6) is -0.314. The Kier molecular flexibility index (Phi) is 7.46. The van der Waals surface area contributed by atoms with Gasteiger partial charge in [0.2, 0.25) is 0 Å². The number of carboxylic acids is 1. The van der Waals surface area contributed by atoms with Gasteiger partial charge in [0.05, 0.1) is 6.61 Å². The number of ether oxygens (including phenoxy) is 1. The molecular formula is C21H21F3O3. The molecule has 0 fully saturated rings. The molecule has 2 aromatic carbocycles. The Labute approximate surface area is 156 Å². The van der Waals surface area contributed by atoms with E-state index in [9.17, 15) is 18.0 Å². The first-order valence-electron chi connectivity index (χ1n) is 8.64. The summed E-state index contributed by atoms with van der Waals surface area (Å²) in [6, 6.07) is 14.9. The SMILES string of the molecule is O=C(O)/C=C/c1ccc(-c2ccc(OCCCCCC(F)(F)F)cc2)cc1. The van der Waals surface area contributed by atoms with E-state index in [-0.39, 0.29) is 6.42 Å². The number of benzene rings is 2. The Morgan fingerprint density at radius 3 is 2.07 bits per heavy atom. The largest absolute Gasteiger partial charge is 0.494 e. The van der Waals surface area contributed by atoms with Crippen molar-refractivity contribution in [1.82, 2.24) is 0 Å². The second-order valence-corrected chi connectivity index (χ2v) is 6.09. The molecule has 6 heteroatoms. The molecule has 27 heavy (non-hydrogen) atoms. The van der Waals surface area contributed by atoms with Gasteiger partial charge in [-0.3, -0.25) is 0 Å². The number of carbonyl (C=O) groups is 1. The summed E-state index contributed by atoms with van der Waals surface area (Å²) in [6.07, 6.45) is -1.01. The summed E-state index contributed by atoms with van der Waals surface area (Å²) in [5, 5.41) is 8.63. The molecule has 1 N–H and O–H groups in total. The first kappa shape index (κ1) is 20.6. The topological polar surface area (TPSA) is 46.5 Å². The maximum Gasteiger partial charge on any atom is 0.389 e. The van der Waals surface area contributed by atoms with Crippen molar-refractivity contribution in [3.05, 3.63) is 60.2 Å². The smallest absolute Gasteiger partial charge is 0.389 e. The molecule has 2 aromatic rings. The van der Waals surface area contributed by atoms with Crippen LogP contribution in [0.2, 0.25) is 0 Å². The summed E-state index contributed by atoms with van der Waals surface area (Å²) >= 11 is 0. The number of rotatable bonds is 9. The standard InChI is InChI=1S/C21H21F3O3/c22-21(23,24)14-2-1-3-15-27-19-11-9-18(10-12-19)17-7-4-16(5-8-17)6-13-20(25)26/h4-13H,1-3,14-15H2,(H,25,26)/b13-6+. The van der Waals surface area contributed by atoms with Gasteiger partial charge in [0.25, 0.3) is 0 Å². The molecular weight excluding hydrogens is 357 g/mol. The average molecular weight is 378 g/mol. The molecule has 0 aliphatic heterocycles. The second-order valence-electron chi connectivity index (χ2n) is 6.09. The van der Waals surface area contributed by atoms with Crippen LogP contribution < -0.4 is 4.74 Å². The van der Waals surface area contributed by atoms with E-state index in [0.29, 0.717) is 25.2 Å². The van der Waals surface area contributed by atoms with Crippen LogP contribution in [0.15, 0.2) is 54.6 Å². The molecule has 0 unspecified atom stereocenters. The average Bonchev–Trinajstić information content (AvgIpc) is 2.63. The molecule has 0 aromatic heterocycles. The van der Waals surface area contributed by atoms with E-state index >= 15 is 0 Å². The van der Waals surface area contributed by atoms with Crippen molar-refractivity contribution in [2.24, 2.45) is 0 Å². The van der Waals surface area contributed by atoms with Crippen molar-refractivity contribution in [3.8, 4) is 16.9 Å². The van der Waals surface area contributed by atoms with Gasteiger partial charge in [0.15, 0.2) is 0 Å². The highest BCUT2D eigenvalue weighted by Gasteiger charge is 2.25. The van der Waals surface area contributed by atoms with Gasteiger partial charge < -0.3 is 9.84 Å². The van der Waals surface area contributed by atoms with E-state index < -0.39 is 18.6 Å². The highest BCUT2D eigenvalue weighted by molar-refractivity contribution is 5.85. The summed E-state index contributed by atoms with van der Waals surface area (Å²) in [6.45, 7) is 0.391. The second kappa shape index (κ2) is 9.80. The maximum absolute atomic E-state index is 12.0. The number of carboxylic acid groups (broad SMARTS) is 1. The van der Waals surface area contributed by atoms with E-state index in [4.69, 9.17) is 9.84 Å². The Balaban J connectivity index is 1.80. The van der Waals surface area contributed by atoms with E-state index in [1.54, 1.807) is 0 Å². The third-order valence-electron chi connectivity index (χ3n) is 3.89. The molecule has 0 heterocycles. The predicted octanol–water partition coefficient (Wildman–Crippen LogP) is 5.95. The molecule has 0 amide bonds. The Hall–Kier alpha value is -2.76. The molecule has 2 rings (SSSR count). The zero-order chi connectivity index (χ0) is 19.7. The Bertz CT molecular complexity index is 748. The van der Waals surface area contributed by atoms with Crippen LogP contribution in [0, 0.1) is 0 Å². The molecule has 0 aliphatic carbocycles. The van der Waals surface area contributed by atoms with Gasteiger partial charge in [0.1, 0.15) is 5.75 Å². The Morgan fingerprint density at radius 2 is 1.52 bits per heavy atom. The lowest BCUT2D eigenvalue weighted by molar-refractivity contribution is -0.135. The summed E-state index contributed by atoms with van der Waals surface area (Å²) in [7, 11) is 0. The number of halogens is 3. The Morgan fingerprint density at radius 1 is 0.926 bits per heavy atom. The molecule has 0 bridgehead atoms. The van der Waals surface area contributed by atoms with Gasteiger partial charge in [-0.15, -0.1) is 0 Å². The van der Waals surface area contributed by atoms with Crippen molar-refractivity contribution in [2.45, 2.75) is 31.9 Å². The highest BCUT2D eigenvalue weighted by atomic mass is 19.4. The maximum atomic E-state index is 12.0. The van der Waals surface area contributed by atoms with E-state index in [2.05, 4.69) is 0 Å². The minimum atomic E-state index is -4.08. The van der Waals surface area contributed by atoms with Crippen LogP contribution in [-0.4, -0.2) is 23.9 Å². The van der Waals surface area contributed by atoms with Crippen LogP contribution in [0.4, 0.5) is 13.2 Å². The van der Waals surface area contributed by atoms with Gasteiger partial charge in [-0.2, -0.15) is 13.2 Å². The zero-order valence-electron chi connectivity index (χ0n) is 14.7. The van der Waals surface area contributed by atoms with Crippen LogP contribution in [0.5, 0.6) is 5.75 Å². The molecule has 0 saturated carbocycles. The lowest BCUT2D eigenvalue weighted by Gasteiger charge is -2.08.